The Bertz CT molecular complexity index is 753. The number of hydrogen-bond donors (Lipinski definition) is 1. The molecule has 1 saturated heterocycles. The Morgan fingerprint density at radius 3 is 2.54 bits per heavy atom. The van der Waals surface area contributed by atoms with Gasteiger partial charge in [-0.1, -0.05) is 38.1 Å². The zero-order valence-corrected chi connectivity index (χ0v) is 16.8. The van der Waals surface area contributed by atoms with Gasteiger partial charge in [0.2, 0.25) is 0 Å². The minimum Gasteiger partial charge on any atom is -0.493 e. The van der Waals surface area contributed by atoms with Crippen LogP contribution in [0.2, 0.25) is 0 Å². The first kappa shape index (κ1) is 20.2. The number of ether oxygens (including phenoxy) is 2. The summed E-state index contributed by atoms with van der Waals surface area (Å²) in [4.78, 5) is 14.9. The number of anilines is 1. The number of nitrogens with one attached hydrogen (secondary N) is 1. The average molecular weight is 383 g/mol. The molecule has 0 aliphatic carbocycles. The van der Waals surface area contributed by atoms with Crippen molar-refractivity contribution in [2.45, 2.75) is 20.3 Å². The van der Waals surface area contributed by atoms with E-state index in [1.807, 2.05) is 36.4 Å². The Balaban J connectivity index is 1.52. The van der Waals surface area contributed by atoms with Gasteiger partial charge in [-0.3, -0.25) is 4.79 Å². The summed E-state index contributed by atoms with van der Waals surface area (Å²) < 4.78 is 11.1. The molecule has 1 amide bonds. The van der Waals surface area contributed by atoms with Gasteiger partial charge in [0.1, 0.15) is 5.75 Å². The van der Waals surface area contributed by atoms with Gasteiger partial charge in [-0.05, 0) is 42.2 Å². The smallest absolute Gasteiger partial charge is 0.253 e. The van der Waals surface area contributed by atoms with Crippen molar-refractivity contribution in [3.8, 4) is 5.75 Å². The SMILES string of the molecule is CC(C)COc1ccc(CCNC(=O)c2ccccc2N2CCOCC2)cc1. The highest BCUT2D eigenvalue weighted by atomic mass is 16.5. The van der Waals surface area contributed by atoms with Gasteiger partial charge in [0.15, 0.2) is 0 Å². The number of hydrogen-bond acceptors (Lipinski definition) is 4. The van der Waals surface area contributed by atoms with Crippen LogP contribution in [0.3, 0.4) is 0 Å². The van der Waals surface area contributed by atoms with E-state index in [9.17, 15) is 4.79 Å². The van der Waals surface area contributed by atoms with Crippen LogP contribution in [0.25, 0.3) is 0 Å². The molecule has 0 aromatic heterocycles. The van der Waals surface area contributed by atoms with Crippen LogP contribution in [0.1, 0.15) is 29.8 Å². The Labute approximate surface area is 167 Å². The Kier molecular flexibility index (Phi) is 7.31. The van der Waals surface area contributed by atoms with Crippen LogP contribution in [0.15, 0.2) is 48.5 Å². The van der Waals surface area contributed by atoms with Gasteiger partial charge in [0.25, 0.3) is 5.91 Å². The van der Waals surface area contributed by atoms with Crippen molar-refractivity contribution in [2.24, 2.45) is 5.92 Å². The quantitative estimate of drug-likeness (QED) is 0.759. The molecule has 28 heavy (non-hydrogen) atoms. The Hall–Kier alpha value is -2.53. The van der Waals surface area contributed by atoms with Gasteiger partial charge in [-0.2, -0.15) is 0 Å². The van der Waals surface area contributed by atoms with Crippen molar-refractivity contribution >= 4 is 11.6 Å². The number of carbonyl (C=O) groups is 1. The minimum atomic E-state index is -0.0287. The van der Waals surface area contributed by atoms with Crippen LogP contribution in [-0.4, -0.2) is 45.4 Å². The molecular weight excluding hydrogens is 352 g/mol. The summed E-state index contributed by atoms with van der Waals surface area (Å²) in [5.74, 6) is 1.37. The highest BCUT2D eigenvalue weighted by Gasteiger charge is 2.18. The molecule has 0 bridgehead atoms. The molecule has 0 spiro atoms. The highest BCUT2D eigenvalue weighted by Crippen LogP contribution is 2.21. The fraction of sp³-hybridized carbons (Fsp3) is 0.435. The predicted molar refractivity (Wildman–Crippen MR) is 112 cm³/mol. The molecule has 0 radical (unpaired) electrons. The maximum Gasteiger partial charge on any atom is 0.253 e. The van der Waals surface area contributed by atoms with E-state index in [0.717, 1.165) is 43.1 Å². The monoisotopic (exact) mass is 382 g/mol. The van der Waals surface area contributed by atoms with Crippen molar-refractivity contribution in [3.05, 3.63) is 59.7 Å². The Morgan fingerprint density at radius 2 is 1.82 bits per heavy atom. The van der Waals surface area contributed by atoms with Crippen LogP contribution < -0.4 is 15.0 Å². The van der Waals surface area contributed by atoms with Crippen LogP contribution in [0.5, 0.6) is 5.75 Å². The third-order valence-corrected chi connectivity index (χ3v) is 4.71. The summed E-state index contributed by atoms with van der Waals surface area (Å²) in [6, 6.07) is 15.9. The highest BCUT2D eigenvalue weighted by molar-refractivity contribution is 5.99. The normalized spacial score (nSPS) is 14.2. The molecule has 0 atom stereocenters. The van der Waals surface area contributed by atoms with Crippen molar-refractivity contribution in [3.63, 3.8) is 0 Å². The third kappa shape index (κ3) is 5.73. The largest absolute Gasteiger partial charge is 0.493 e. The van der Waals surface area contributed by atoms with E-state index in [0.29, 0.717) is 25.7 Å². The first-order valence-corrected chi connectivity index (χ1v) is 10.0. The summed E-state index contributed by atoms with van der Waals surface area (Å²) in [5.41, 5.74) is 2.88. The molecule has 1 N–H and O–H groups in total. The molecule has 2 aromatic carbocycles. The molecule has 1 fully saturated rings. The van der Waals surface area contributed by atoms with E-state index in [1.54, 1.807) is 0 Å². The lowest BCUT2D eigenvalue weighted by Gasteiger charge is -2.30. The number of nitrogens with zero attached hydrogens (tertiary/aromatic N) is 1. The zero-order valence-electron chi connectivity index (χ0n) is 16.8. The molecule has 1 aliphatic heterocycles. The molecular formula is C23H30N2O3. The number of para-hydroxylation sites is 1. The Morgan fingerprint density at radius 1 is 1.11 bits per heavy atom. The fourth-order valence-corrected chi connectivity index (χ4v) is 3.18. The van der Waals surface area contributed by atoms with E-state index < -0.39 is 0 Å². The number of benzene rings is 2. The van der Waals surface area contributed by atoms with Crippen LogP contribution in [0.4, 0.5) is 5.69 Å². The summed E-state index contributed by atoms with van der Waals surface area (Å²) in [6.07, 6.45) is 0.788. The molecule has 3 rings (SSSR count). The third-order valence-electron chi connectivity index (χ3n) is 4.71. The molecule has 1 heterocycles. The van der Waals surface area contributed by atoms with Crippen LogP contribution in [-0.2, 0) is 11.2 Å². The molecule has 0 saturated carbocycles. The van der Waals surface area contributed by atoms with Gasteiger partial charge in [0.05, 0.1) is 25.4 Å². The zero-order chi connectivity index (χ0) is 19.8. The lowest BCUT2D eigenvalue weighted by Crippen LogP contribution is -2.38. The van der Waals surface area contributed by atoms with Gasteiger partial charge in [-0.15, -0.1) is 0 Å². The van der Waals surface area contributed by atoms with Gasteiger partial charge in [0, 0.05) is 25.3 Å². The van der Waals surface area contributed by atoms with Crippen LogP contribution >= 0.6 is 0 Å². The van der Waals surface area contributed by atoms with E-state index in [4.69, 9.17) is 9.47 Å². The second kappa shape index (κ2) is 10.1. The first-order valence-electron chi connectivity index (χ1n) is 10.0. The second-order valence-corrected chi connectivity index (χ2v) is 7.47. The summed E-state index contributed by atoms with van der Waals surface area (Å²) >= 11 is 0. The van der Waals surface area contributed by atoms with E-state index in [1.165, 1.54) is 5.56 Å². The molecule has 150 valence electrons. The van der Waals surface area contributed by atoms with E-state index in [2.05, 4.69) is 36.2 Å². The summed E-state index contributed by atoms with van der Waals surface area (Å²) in [7, 11) is 0. The van der Waals surface area contributed by atoms with E-state index >= 15 is 0 Å². The predicted octanol–water partition coefficient (Wildman–Crippen LogP) is 3.53. The maximum atomic E-state index is 12.7. The lowest BCUT2D eigenvalue weighted by molar-refractivity contribution is 0.0952. The second-order valence-electron chi connectivity index (χ2n) is 7.47. The number of carbonyl (C=O) groups excluding carboxylic acids is 1. The number of amides is 1. The van der Waals surface area contributed by atoms with Gasteiger partial charge < -0.3 is 19.7 Å². The molecule has 1 aliphatic rings. The summed E-state index contributed by atoms with van der Waals surface area (Å²) in [5, 5.41) is 3.05. The maximum absolute atomic E-state index is 12.7. The van der Waals surface area contributed by atoms with Crippen molar-refractivity contribution in [1.29, 1.82) is 0 Å². The first-order chi connectivity index (χ1) is 13.6. The number of morpholine rings is 1. The van der Waals surface area contributed by atoms with Crippen molar-refractivity contribution < 1.29 is 14.3 Å². The molecule has 0 unspecified atom stereocenters. The fourth-order valence-electron chi connectivity index (χ4n) is 3.18. The molecule has 2 aromatic rings. The van der Waals surface area contributed by atoms with Crippen LogP contribution in [0, 0.1) is 5.92 Å². The molecule has 5 heteroatoms. The average Bonchev–Trinajstić information content (AvgIpc) is 2.73. The van der Waals surface area contributed by atoms with Gasteiger partial charge in [-0.25, -0.2) is 0 Å². The topological polar surface area (TPSA) is 50.8 Å². The standard InChI is InChI=1S/C23H30N2O3/c1-18(2)17-28-20-9-7-19(8-10-20)11-12-24-23(26)21-5-3-4-6-22(21)25-13-15-27-16-14-25/h3-10,18H,11-17H2,1-2H3,(H,24,26). The summed E-state index contributed by atoms with van der Waals surface area (Å²) in [6.45, 7) is 8.62. The van der Waals surface area contributed by atoms with Crippen molar-refractivity contribution in [1.82, 2.24) is 5.32 Å². The van der Waals surface area contributed by atoms with Crippen molar-refractivity contribution in [2.75, 3.05) is 44.4 Å². The minimum absolute atomic E-state index is 0.0287. The lowest BCUT2D eigenvalue weighted by atomic mass is 10.1. The van der Waals surface area contributed by atoms with E-state index in [-0.39, 0.29) is 5.91 Å². The van der Waals surface area contributed by atoms with Gasteiger partial charge >= 0.3 is 0 Å². The number of rotatable bonds is 8. The molecule has 5 nitrogen and oxygen atoms in total.